The summed E-state index contributed by atoms with van der Waals surface area (Å²) in [4.78, 5) is 2.62. The van der Waals surface area contributed by atoms with Crippen molar-refractivity contribution in [3.05, 3.63) is 303 Å². The van der Waals surface area contributed by atoms with Crippen LogP contribution in [0.15, 0.2) is 302 Å². The van der Waals surface area contributed by atoms with E-state index in [1.54, 1.807) is 0 Å². The third kappa shape index (κ3) is 7.77. The van der Waals surface area contributed by atoms with E-state index >= 15 is 0 Å². The van der Waals surface area contributed by atoms with Crippen molar-refractivity contribution in [2.75, 3.05) is 4.90 Å². The summed E-state index contributed by atoms with van der Waals surface area (Å²) in [6, 6.07) is 110. The first-order valence-electron chi connectivity index (χ1n) is 32.7. The Morgan fingerprint density at radius 3 is 1.56 bits per heavy atom. The van der Waals surface area contributed by atoms with E-state index in [2.05, 4.69) is 326 Å². The van der Waals surface area contributed by atoms with Crippen LogP contribution in [0, 0.1) is 0 Å². The fourth-order valence-corrected chi connectivity index (χ4v) is 16.1. The predicted molar refractivity (Wildman–Crippen MR) is 394 cm³/mol. The Morgan fingerprint density at radius 2 is 0.851 bits per heavy atom. The molecule has 2 aliphatic rings. The zero-order chi connectivity index (χ0) is 62.1. The first-order chi connectivity index (χ1) is 46.2. The summed E-state index contributed by atoms with van der Waals surface area (Å²) in [5.41, 5.74) is 27.9. The van der Waals surface area contributed by atoms with Gasteiger partial charge in [-0.3, -0.25) is 0 Å². The second-order valence-electron chi connectivity index (χ2n) is 26.7. The van der Waals surface area contributed by atoms with E-state index in [1.807, 2.05) is 6.07 Å². The molecule has 4 aromatic heterocycles. The third-order valence-corrected chi connectivity index (χ3v) is 20.5. The maximum Gasteiger partial charge on any atom is 0.256 e. The number of aromatic nitrogens is 2. The summed E-state index contributed by atoms with van der Waals surface area (Å²) >= 11 is 0. The maximum absolute atomic E-state index is 7.72. The smallest absolute Gasteiger partial charge is 0.256 e. The molecule has 18 aromatic rings. The van der Waals surface area contributed by atoms with Gasteiger partial charge in [-0.1, -0.05) is 227 Å². The van der Waals surface area contributed by atoms with E-state index in [-0.39, 0.29) is 12.1 Å². The highest BCUT2D eigenvalue weighted by Crippen LogP contribution is 2.53. The molecule has 0 unspecified atom stereocenters. The van der Waals surface area contributed by atoms with E-state index in [0.717, 1.165) is 134 Å². The van der Waals surface area contributed by atoms with Gasteiger partial charge in [-0.05, 0) is 157 Å². The summed E-state index contributed by atoms with van der Waals surface area (Å²) in [6.07, 6.45) is 0. The molecular weight excluding hydrogens is 1140 g/mol. The highest BCUT2D eigenvalue weighted by atomic mass is 16.5. The van der Waals surface area contributed by atoms with Crippen LogP contribution in [0.3, 0.4) is 0 Å². The van der Waals surface area contributed by atoms with Crippen molar-refractivity contribution in [2.24, 2.45) is 0 Å². The molecule has 6 heteroatoms. The molecule has 2 aliphatic heterocycles. The van der Waals surface area contributed by atoms with Crippen molar-refractivity contribution in [3.63, 3.8) is 0 Å². The molecule has 0 N–H and O–H groups in total. The van der Waals surface area contributed by atoms with Gasteiger partial charge < -0.3 is 23.0 Å². The van der Waals surface area contributed by atoms with Crippen molar-refractivity contribution in [3.8, 4) is 72.8 Å². The Labute approximate surface area is 543 Å². The second-order valence-corrected chi connectivity index (χ2v) is 26.7. The van der Waals surface area contributed by atoms with Gasteiger partial charge >= 0.3 is 0 Å². The van der Waals surface area contributed by atoms with E-state index < -0.39 is 0 Å². The lowest BCUT2D eigenvalue weighted by molar-refractivity contribution is 0.487. The molecule has 0 amide bonds. The zero-order valence-corrected chi connectivity index (χ0v) is 52.0. The first-order valence-corrected chi connectivity index (χ1v) is 32.7. The number of furan rings is 1. The molecule has 5 nitrogen and oxygen atoms in total. The number of ether oxygens (including phenoxy) is 1. The van der Waals surface area contributed by atoms with Crippen LogP contribution >= 0.6 is 0 Å². The molecule has 14 aromatic carbocycles. The molecule has 20 rings (SSSR count). The Hall–Kier alpha value is -11.9. The molecule has 0 saturated carbocycles. The molecular formula is C88H58BN3O2. The summed E-state index contributed by atoms with van der Waals surface area (Å²) < 4.78 is 19.1. The molecule has 0 atom stereocenters. The SMILES string of the molecule is CC(C)(C)c1ccc(-c2cc(-c3ccccc3)c(N3c4cc(-c5ccc6oc7ccccc7c6c5)ccc4B4c5ccc(-n6c7ccccc7c7ccccc76)cc5Oc5cc(-c6ccc7c(c6)c6cccc8c9ccccc9n7c86)cc3c54)c(-c3ccccc3)c2)cc1. The lowest BCUT2D eigenvalue weighted by atomic mass is 9.34. The minimum Gasteiger partial charge on any atom is -0.458 e. The number of hydrogen-bond donors (Lipinski definition) is 0. The van der Waals surface area contributed by atoms with Gasteiger partial charge in [0.2, 0.25) is 0 Å². The van der Waals surface area contributed by atoms with Gasteiger partial charge in [-0.2, -0.15) is 0 Å². The number of benzene rings is 14. The zero-order valence-electron chi connectivity index (χ0n) is 52.0. The second kappa shape index (κ2) is 19.8. The Kier molecular flexibility index (Phi) is 11.2. The molecule has 440 valence electrons. The largest absolute Gasteiger partial charge is 0.458 e. The molecule has 0 saturated heterocycles. The monoisotopic (exact) mass is 1200 g/mol. The van der Waals surface area contributed by atoms with Gasteiger partial charge in [0.25, 0.3) is 6.71 Å². The Morgan fingerprint density at radius 1 is 0.330 bits per heavy atom. The van der Waals surface area contributed by atoms with Crippen molar-refractivity contribution in [1.82, 2.24) is 8.97 Å². The summed E-state index contributed by atoms with van der Waals surface area (Å²) in [5.74, 6) is 1.67. The van der Waals surface area contributed by atoms with Crippen LogP contribution in [0.2, 0.25) is 0 Å². The molecule has 0 spiro atoms. The standard InChI is InChI=1S/C88H58BN3O2/c1-88(2,3)61-38-33-53(34-39-61)59-47-69(54-19-6-4-7-20-54)87(70(48-59)55-21-8-5-9-22-55)92-79-49-58(56-37-44-82-72(46-56)66-26-13-17-32-81(66)93-82)35-41-73(79)89-74-42-40-62(90-75-29-14-10-23-63(75)64-24-11-15-30-76(64)90)52-83(74)94-84-51-60(50-80(92)85(84)89)57-36-43-78-71(45-57)68-28-18-27-67-65-25-12-16-31-77(65)91(78)86(67)68/h4-52H,1-3H3. The number of para-hydroxylation sites is 5. The van der Waals surface area contributed by atoms with E-state index in [0.29, 0.717) is 0 Å². The molecule has 0 fully saturated rings. The number of nitrogens with zero attached hydrogens (tertiary/aromatic N) is 3. The van der Waals surface area contributed by atoms with Crippen LogP contribution in [-0.4, -0.2) is 15.7 Å². The molecule has 0 bridgehead atoms. The van der Waals surface area contributed by atoms with Crippen LogP contribution in [0.25, 0.3) is 143 Å². The first kappa shape index (κ1) is 52.9. The quantitative estimate of drug-likeness (QED) is 0.149. The average Bonchev–Trinajstić information content (AvgIpc) is 1.36. The van der Waals surface area contributed by atoms with Gasteiger partial charge in [-0.25, -0.2) is 0 Å². The minimum atomic E-state index is -0.214. The molecule has 0 radical (unpaired) electrons. The molecule has 94 heavy (non-hydrogen) atoms. The van der Waals surface area contributed by atoms with Crippen molar-refractivity contribution in [1.29, 1.82) is 0 Å². The van der Waals surface area contributed by atoms with Crippen molar-refractivity contribution in [2.45, 2.75) is 26.2 Å². The Bertz CT molecular complexity index is 6070. The molecule has 6 heterocycles. The third-order valence-electron chi connectivity index (χ3n) is 20.5. The van der Waals surface area contributed by atoms with Crippen molar-refractivity contribution >= 4 is 122 Å². The maximum atomic E-state index is 7.72. The van der Waals surface area contributed by atoms with Gasteiger partial charge in [0, 0.05) is 77.3 Å². The lowest BCUT2D eigenvalue weighted by Crippen LogP contribution is -2.59. The number of hydrogen-bond acceptors (Lipinski definition) is 3. The summed E-state index contributed by atoms with van der Waals surface area (Å²) in [6.45, 7) is 6.64. The van der Waals surface area contributed by atoms with Crippen molar-refractivity contribution < 1.29 is 9.15 Å². The van der Waals surface area contributed by atoms with Crippen LogP contribution in [-0.2, 0) is 5.41 Å². The minimum absolute atomic E-state index is 0.00429. The number of rotatable bonds is 7. The predicted octanol–water partition coefficient (Wildman–Crippen LogP) is 21.9. The highest BCUT2D eigenvalue weighted by molar-refractivity contribution is 6.99. The summed E-state index contributed by atoms with van der Waals surface area (Å²) in [5, 5.41) is 9.63. The molecule has 0 aliphatic carbocycles. The topological polar surface area (TPSA) is 35.0 Å². The van der Waals surface area contributed by atoms with Gasteiger partial charge in [0.1, 0.15) is 22.7 Å². The average molecular weight is 1200 g/mol. The Balaban J connectivity index is 0.891. The fraction of sp³-hybridized carbons (Fsp3) is 0.0455. The normalized spacial score (nSPS) is 12.9. The van der Waals surface area contributed by atoms with Crippen LogP contribution < -0.4 is 26.0 Å². The number of anilines is 3. The summed E-state index contributed by atoms with van der Waals surface area (Å²) in [7, 11) is 0. The van der Waals surface area contributed by atoms with Crippen LogP contribution in [0.4, 0.5) is 17.1 Å². The van der Waals surface area contributed by atoms with Gasteiger partial charge in [0.15, 0.2) is 0 Å². The van der Waals surface area contributed by atoms with Gasteiger partial charge in [-0.15, -0.1) is 0 Å². The van der Waals surface area contributed by atoms with E-state index in [1.165, 1.54) is 59.9 Å². The van der Waals surface area contributed by atoms with Crippen LogP contribution in [0.5, 0.6) is 11.5 Å². The van der Waals surface area contributed by atoms with E-state index in [9.17, 15) is 0 Å². The fourth-order valence-electron chi connectivity index (χ4n) is 16.1. The number of fused-ring (bicyclic) bond motifs is 16. The van der Waals surface area contributed by atoms with Crippen LogP contribution in [0.1, 0.15) is 26.3 Å². The lowest BCUT2D eigenvalue weighted by Gasteiger charge is -2.42. The van der Waals surface area contributed by atoms with E-state index in [4.69, 9.17) is 9.15 Å². The highest BCUT2D eigenvalue weighted by Gasteiger charge is 2.44. The van der Waals surface area contributed by atoms with Gasteiger partial charge in [0.05, 0.1) is 33.3 Å².